The van der Waals surface area contributed by atoms with Gasteiger partial charge in [0.25, 0.3) is 0 Å². The van der Waals surface area contributed by atoms with Gasteiger partial charge in [-0.1, -0.05) is 12.1 Å². The van der Waals surface area contributed by atoms with E-state index in [1.54, 1.807) is 24.3 Å². The fourth-order valence-corrected chi connectivity index (χ4v) is 1.57. The Bertz CT molecular complexity index is 511. The summed E-state index contributed by atoms with van der Waals surface area (Å²) in [6.07, 6.45) is 0. The lowest BCUT2D eigenvalue weighted by Gasteiger charge is -2.02. The number of hydrogen-bond donors (Lipinski definition) is 0. The molecule has 0 spiro atoms. The highest BCUT2D eigenvalue weighted by atomic mass is 16.6. The monoisotopic (exact) mass is 215 g/mol. The maximum atomic E-state index is 11.5. The minimum Gasteiger partial charge on any atom is -0.497 e. The van der Waals surface area contributed by atoms with Crippen molar-refractivity contribution in [2.75, 3.05) is 13.7 Å². The number of cyclic esters (lactones) is 1. The van der Waals surface area contributed by atoms with Crippen molar-refractivity contribution >= 4 is 11.5 Å². The molecular weight excluding hydrogens is 206 g/mol. The summed E-state index contributed by atoms with van der Waals surface area (Å²) in [5.74, 6) is 0.0898. The Morgan fingerprint density at radius 2 is 2.31 bits per heavy atom. The Balaban J connectivity index is 2.51. The van der Waals surface area contributed by atoms with E-state index in [0.29, 0.717) is 22.5 Å². The van der Waals surface area contributed by atoms with Gasteiger partial charge >= 0.3 is 5.97 Å². The molecule has 16 heavy (non-hydrogen) atoms. The smallest absolute Gasteiger partial charge is 0.342 e. The third-order valence-electron chi connectivity index (χ3n) is 2.34. The van der Waals surface area contributed by atoms with Crippen molar-refractivity contribution in [2.45, 2.75) is 0 Å². The molecule has 2 rings (SSSR count). The first-order valence-electron chi connectivity index (χ1n) is 4.71. The third kappa shape index (κ3) is 1.63. The van der Waals surface area contributed by atoms with Gasteiger partial charge in [0, 0.05) is 0 Å². The first-order valence-corrected chi connectivity index (χ1v) is 4.71. The Hall–Kier alpha value is -2.28. The Morgan fingerprint density at radius 1 is 1.50 bits per heavy atom. The molecule has 0 saturated heterocycles. The predicted molar refractivity (Wildman–Crippen MR) is 56.0 cm³/mol. The maximum absolute atomic E-state index is 11.5. The number of carbonyl (C=O) groups excluding carboxylic acids is 1. The second kappa shape index (κ2) is 4.07. The van der Waals surface area contributed by atoms with Crippen molar-refractivity contribution < 1.29 is 14.3 Å². The van der Waals surface area contributed by atoms with Crippen LogP contribution in [0.5, 0.6) is 0 Å². The summed E-state index contributed by atoms with van der Waals surface area (Å²) in [7, 11) is 1.49. The predicted octanol–water partition coefficient (Wildman–Crippen LogP) is 1.47. The maximum Gasteiger partial charge on any atom is 0.342 e. The van der Waals surface area contributed by atoms with E-state index in [4.69, 9.17) is 14.7 Å². The molecule has 0 amide bonds. The van der Waals surface area contributed by atoms with Crippen LogP contribution in [0.2, 0.25) is 0 Å². The summed E-state index contributed by atoms with van der Waals surface area (Å²) in [5.41, 5.74) is 1.55. The topological polar surface area (TPSA) is 59.3 Å². The van der Waals surface area contributed by atoms with Crippen molar-refractivity contribution in [3.8, 4) is 6.07 Å². The van der Waals surface area contributed by atoms with Crippen molar-refractivity contribution in [3.05, 3.63) is 41.2 Å². The zero-order valence-electron chi connectivity index (χ0n) is 8.69. The summed E-state index contributed by atoms with van der Waals surface area (Å²) in [4.78, 5) is 11.5. The van der Waals surface area contributed by atoms with Gasteiger partial charge in [-0.3, -0.25) is 0 Å². The van der Waals surface area contributed by atoms with Crippen molar-refractivity contribution in [1.82, 2.24) is 0 Å². The third-order valence-corrected chi connectivity index (χ3v) is 2.34. The molecule has 0 aliphatic carbocycles. The number of benzene rings is 1. The highest BCUT2D eigenvalue weighted by Crippen LogP contribution is 2.26. The molecule has 1 aromatic carbocycles. The van der Waals surface area contributed by atoms with Gasteiger partial charge in [-0.15, -0.1) is 0 Å². The van der Waals surface area contributed by atoms with Gasteiger partial charge in [0.1, 0.15) is 17.9 Å². The van der Waals surface area contributed by atoms with Crippen LogP contribution in [0.25, 0.3) is 5.57 Å². The largest absolute Gasteiger partial charge is 0.497 e. The Kier molecular flexibility index (Phi) is 2.61. The summed E-state index contributed by atoms with van der Waals surface area (Å²) in [6.45, 7) is 0.154. The quantitative estimate of drug-likeness (QED) is 0.701. The van der Waals surface area contributed by atoms with Gasteiger partial charge in [-0.2, -0.15) is 5.26 Å². The molecule has 0 bridgehead atoms. The number of ether oxygens (including phenoxy) is 2. The van der Waals surface area contributed by atoms with Crippen molar-refractivity contribution in [2.24, 2.45) is 0 Å². The Morgan fingerprint density at radius 3 is 3.00 bits per heavy atom. The van der Waals surface area contributed by atoms with Gasteiger partial charge in [0.05, 0.1) is 18.7 Å². The normalized spacial score (nSPS) is 14.6. The molecule has 1 aliphatic rings. The van der Waals surface area contributed by atoms with E-state index in [0.717, 1.165) is 0 Å². The number of methoxy groups -OCH3 is 1. The van der Waals surface area contributed by atoms with Crippen LogP contribution >= 0.6 is 0 Å². The lowest BCUT2D eigenvalue weighted by atomic mass is 10.0. The molecule has 4 nitrogen and oxygen atoms in total. The molecule has 80 valence electrons. The molecular formula is C12H9NO3. The molecule has 1 heterocycles. The number of rotatable bonds is 2. The first-order chi connectivity index (χ1) is 7.76. The lowest BCUT2D eigenvalue weighted by molar-refractivity contribution is -0.134. The van der Waals surface area contributed by atoms with Gasteiger partial charge in [0.15, 0.2) is 0 Å². The summed E-state index contributed by atoms with van der Waals surface area (Å²) >= 11 is 0. The molecule has 0 aromatic heterocycles. The van der Waals surface area contributed by atoms with E-state index in [-0.39, 0.29) is 6.61 Å². The van der Waals surface area contributed by atoms with E-state index in [9.17, 15) is 4.79 Å². The van der Waals surface area contributed by atoms with E-state index in [2.05, 4.69) is 0 Å². The van der Waals surface area contributed by atoms with Crippen LogP contribution < -0.4 is 0 Å². The molecule has 0 unspecified atom stereocenters. The lowest BCUT2D eigenvalue weighted by Crippen LogP contribution is -1.99. The van der Waals surface area contributed by atoms with Crippen LogP contribution in [0.1, 0.15) is 11.1 Å². The molecule has 4 heteroatoms. The number of carbonyl (C=O) groups is 1. The average Bonchev–Trinajstić information content (AvgIpc) is 2.70. The van der Waals surface area contributed by atoms with E-state index < -0.39 is 5.97 Å². The first kappa shape index (κ1) is 10.2. The average molecular weight is 215 g/mol. The molecule has 0 atom stereocenters. The minimum atomic E-state index is -0.410. The summed E-state index contributed by atoms with van der Waals surface area (Å²) < 4.78 is 9.95. The number of hydrogen-bond acceptors (Lipinski definition) is 4. The Labute approximate surface area is 92.7 Å². The van der Waals surface area contributed by atoms with Gasteiger partial charge in [-0.25, -0.2) is 4.79 Å². The minimum absolute atomic E-state index is 0.154. The molecule has 1 aromatic rings. The van der Waals surface area contributed by atoms with Crippen LogP contribution in [0.15, 0.2) is 30.0 Å². The second-order valence-corrected chi connectivity index (χ2v) is 3.27. The van der Waals surface area contributed by atoms with E-state index in [1.807, 2.05) is 6.07 Å². The van der Waals surface area contributed by atoms with Gasteiger partial charge < -0.3 is 9.47 Å². The van der Waals surface area contributed by atoms with Crippen LogP contribution in [0.4, 0.5) is 0 Å². The highest BCUT2D eigenvalue weighted by Gasteiger charge is 2.27. The second-order valence-electron chi connectivity index (χ2n) is 3.27. The van der Waals surface area contributed by atoms with Gasteiger partial charge in [0.2, 0.25) is 0 Å². The van der Waals surface area contributed by atoms with Crippen LogP contribution in [-0.4, -0.2) is 19.7 Å². The molecule has 0 saturated carbocycles. The highest BCUT2D eigenvalue weighted by molar-refractivity contribution is 6.18. The van der Waals surface area contributed by atoms with Crippen molar-refractivity contribution in [3.63, 3.8) is 0 Å². The molecule has 0 N–H and O–H groups in total. The van der Waals surface area contributed by atoms with Gasteiger partial charge in [-0.05, 0) is 17.7 Å². The number of nitrogens with zero attached hydrogens (tertiary/aromatic N) is 1. The van der Waals surface area contributed by atoms with E-state index in [1.165, 1.54) is 7.11 Å². The molecule has 0 radical (unpaired) electrons. The fourth-order valence-electron chi connectivity index (χ4n) is 1.57. The zero-order chi connectivity index (χ0) is 11.5. The van der Waals surface area contributed by atoms with Crippen LogP contribution in [0.3, 0.4) is 0 Å². The van der Waals surface area contributed by atoms with Crippen LogP contribution in [0, 0.1) is 11.3 Å². The standard InChI is InChI=1S/C12H9NO3/c1-15-10-7-16-12(14)11(10)9-4-2-3-8(5-9)6-13/h2-5H,7H2,1H3. The van der Waals surface area contributed by atoms with Crippen LogP contribution in [-0.2, 0) is 14.3 Å². The zero-order valence-corrected chi connectivity index (χ0v) is 8.69. The fraction of sp³-hybridized carbons (Fsp3) is 0.167. The summed E-state index contributed by atoms with van der Waals surface area (Å²) in [6, 6.07) is 8.81. The molecule has 1 aliphatic heterocycles. The van der Waals surface area contributed by atoms with E-state index >= 15 is 0 Å². The summed E-state index contributed by atoms with van der Waals surface area (Å²) in [5, 5.41) is 8.78. The molecule has 0 fully saturated rings. The van der Waals surface area contributed by atoms with Crippen molar-refractivity contribution in [1.29, 1.82) is 5.26 Å². The number of esters is 1. The number of nitriles is 1. The SMILES string of the molecule is COC1=C(c2cccc(C#N)c2)C(=O)OC1.